The quantitative estimate of drug-likeness (QED) is 0.415. The van der Waals surface area contributed by atoms with Crippen LogP contribution in [0.4, 0.5) is 4.79 Å². The third-order valence-electron chi connectivity index (χ3n) is 8.30. The number of rotatable bonds is 6. The average Bonchev–Trinajstić information content (AvgIpc) is 2.93. The minimum atomic E-state index is -1.99. The zero-order valence-electron chi connectivity index (χ0n) is 18.1. The highest BCUT2D eigenvalue weighted by Crippen LogP contribution is 2.47. The minimum absolute atomic E-state index is 0.0807. The highest BCUT2D eigenvalue weighted by atomic mass is 28.3. The van der Waals surface area contributed by atoms with Gasteiger partial charge in [0.25, 0.3) is 5.91 Å². The van der Waals surface area contributed by atoms with Crippen LogP contribution < -0.4 is 0 Å². The molecule has 0 spiro atoms. The Balaban J connectivity index is 2.05. The molecule has 2 saturated carbocycles. The van der Waals surface area contributed by atoms with Gasteiger partial charge in [-0.1, -0.05) is 59.3 Å². The van der Waals surface area contributed by atoms with E-state index in [1.54, 1.807) is 4.90 Å². The van der Waals surface area contributed by atoms with Gasteiger partial charge in [0, 0.05) is 6.04 Å². The standard InChI is InChI=1S/C22H40N2O2Si/c1-5-27(6-2,7-3)24-21(26)23(19-16-12-9-13-17-19)20(25)22(24,4)18-14-10-8-11-15-18/h18-19H,5-17H2,1-4H3. The van der Waals surface area contributed by atoms with E-state index in [0.29, 0.717) is 5.92 Å². The SMILES string of the molecule is CC[Si](CC)(CC)N1C(=O)N(C2CCCCC2)C(=O)C1(C)C1CCCCC1. The minimum Gasteiger partial charge on any atom is -0.337 e. The molecule has 0 aromatic rings. The van der Waals surface area contributed by atoms with E-state index in [1.807, 2.05) is 0 Å². The molecule has 27 heavy (non-hydrogen) atoms. The lowest BCUT2D eigenvalue weighted by Crippen LogP contribution is -2.65. The molecule has 0 bridgehead atoms. The highest BCUT2D eigenvalue weighted by Gasteiger charge is 2.63. The third kappa shape index (κ3) is 3.28. The van der Waals surface area contributed by atoms with Crippen molar-refractivity contribution in [1.82, 2.24) is 9.47 Å². The van der Waals surface area contributed by atoms with E-state index in [9.17, 15) is 9.59 Å². The predicted octanol–water partition coefficient (Wildman–Crippen LogP) is 5.93. The molecule has 0 aromatic carbocycles. The van der Waals surface area contributed by atoms with Gasteiger partial charge in [0.15, 0.2) is 8.24 Å². The first-order valence-corrected chi connectivity index (χ1v) is 14.2. The lowest BCUT2D eigenvalue weighted by atomic mass is 9.75. The normalized spacial score (nSPS) is 29.0. The van der Waals surface area contributed by atoms with Crippen molar-refractivity contribution < 1.29 is 9.59 Å². The van der Waals surface area contributed by atoms with Crippen molar-refractivity contribution in [2.45, 2.75) is 122 Å². The largest absolute Gasteiger partial charge is 0.337 e. The van der Waals surface area contributed by atoms with Gasteiger partial charge in [-0.15, -0.1) is 0 Å². The van der Waals surface area contributed by atoms with Gasteiger partial charge in [-0.05, 0) is 56.7 Å². The Morgan fingerprint density at radius 1 is 0.852 bits per heavy atom. The smallest absolute Gasteiger partial charge is 0.319 e. The molecule has 0 N–H and O–H groups in total. The lowest BCUT2D eigenvalue weighted by Gasteiger charge is -2.49. The lowest BCUT2D eigenvalue weighted by molar-refractivity contribution is -0.136. The number of carbonyl (C=O) groups is 2. The van der Waals surface area contributed by atoms with E-state index in [4.69, 9.17) is 0 Å². The van der Waals surface area contributed by atoms with Gasteiger partial charge in [0.2, 0.25) is 0 Å². The van der Waals surface area contributed by atoms with Gasteiger partial charge in [-0.25, -0.2) is 4.79 Å². The summed E-state index contributed by atoms with van der Waals surface area (Å²) in [5.74, 6) is 0.492. The number of carbonyl (C=O) groups excluding carboxylic acids is 2. The van der Waals surface area contributed by atoms with Crippen molar-refractivity contribution in [1.29, 1.82) is 0 Å². The van der Waals surface area contributed by atoms with E-state index in [0.717, 1.165) is 56.7 Å². The Labute approximate surface area is 167 Å². The van der Waals surface area contributed by atoms with Gasteiger partial charge in [-0.3, -0.25) is 9.69 Å². The van der Waals surface area contributed by atoms with Gasteiger partial charge < -0.3 is 4.57 Å². The van der Waals surface area contributed by atoms with Crippen LogP contribution >= 0.6 is 0 Å². The Morgan fingerprint density at radius 2 is 1.33 bits per heavy atom. The zero-order chi connectivity index (χ0) is 19.7. The molecule has 154 valence electrons. The van der Waals surface area contributed by atoms with E-state index in [1.165, 1.54) is 25.7 Å². The fraction of sp³-hybridized carbons (Fsp3) is 0.909. The number of amides is 3. The summed E-state index contributed by atoms with van der Waals surface area (Å²) in [6.07, 6.45) is 11.5. The van der Waals surface area contributed by atoms with Crippen molar-refractivity contribution in [3.63, 3.8) is 0 Å². The summed E-state index contributed by atoms with van der Waals surface area (Å²) in [6, 6.07) is 3.39. The number of hydrogen-bond acceptors (Lipinski definition) is 2. The van der Waals surface area contributed by atoms with E-state index < -0.39 is 13.8 Å². The molecular formula is C22H40N2O2Si. The molecule has 1 aliphatic heterocycles. The second kappa shape index (κ2) is 8.26. The molecule has 0 radical (unpaired) electrons. The van der Waals surface area contributed by atoms with Crippen LogP contribution in [0.25, 0.3) is 0 Å². The monoisotopic (exact) mass is 392 g/mol. The fourth-order valence-electron chi connectivity index (χ4n) is 6.34. The van der Waals surface area contributed by atoms with Crippen molar-refractivity contribution in [2.75, 3.05) is 0 Å². The number of nitrogens with zero attached hydrogens (tertiary/aromatic N) is 2. The molecule has 1 unspecified atom stereocenters. The van der Waals surface area contributed by atoms with Crippen LogP contribution in [0, 0.1) is 5.92 Å². The Bertz CT molecular complexity index is 542. The molecular weight excluding hydrogens is 352 g/mol. The second-order valence-corrected chi connectivity index (χ2v) is 14.4. The first-order chi connectivity index (χ1) is 13.0. The summed E-state index contributed by atoms with van der Waals surface area (Å²) in [7, 11) is -1.99. The fourth-order valence-corrected chi connectivity index (χ4v) is 10.6. The molecule has 3 fully saturated rings. The van der Waals surface area contributed by atoms with Crippen molar-refractivity contribution >= 4 is 20.2 Å². The summed E-state index contributed by atoms with van der Waals surface area (Å²) in [5, 5.41) is 0. The van der Waals surface area contributed by atoms with Crippen LogP contribution in [-0.4, -0.2) is 41.2 Å². The molecule has 4 nitrogen and oxygen atoms in total. The van der Waals surface area contributed by atoms with Gasteiger partial charge in [0.1, 0.15) is 5.54 Å². The van der Waals surface area contributed by atoms with E-state index in [-0.39, 0.29) is 18.0 Å². The Hall–Kier alpha value is -0.843. The van der Waals surface area contributed by atoms with Crippen LogP contribution in [0.3, 0.4) is 0 Å². The summed E-state index contributed by atoms with van der Waals surface area (Å²) in [4.78, 5) is 29.5. The molecule has 3 rings (SSSR count). The van der Waals surface area contributed by atoms with Gasteiger partial charge in [-0.2, -0.15) is 0 Å². The third-order valence-corrected chi connectivity index (χ3v) is 13.9. The Morgan fingerprint density at radius 3 is 1.81 bits per heavy atom. The molecule has 3 amide bonds. The molecule has 2 aliphatic carbocycles. The Kier molecular flexibility index (Phi) is 6.39. The molecule has 1 saturated heterocycles. The topological polar surface area (TPSA) is 40.6 Å². The van der Waals surface area contributed by atoms with Crippen molar-refractivity contribution in [3.8, 4) is 0 Å². The first kappa shape index (κ1) is 20.9. The van der Waals surface area contributed by atoms with E-state index >= 15 is 0 Å². The van der Waals surface area contributed by atoms with Crippen molar-refractivity contribution in [3.05, 3.63) is 0 Å². The number of urea groups is 1. The number of hydrogen-bond donors (Lipinski definition) is 0. The predicted molar refractivity (Wildman–Crippen MR) is 113 cm³/mol. The molecule has 1 atom stereocenters. The first-order valence-electron chi connectivity index (χ1n) is 11.6. The molecule has 3 aliphatic rings. The van der Waals surface area contributed by atoms with E-state index in [2.05, 4.69) is 32.3 Å². The molecule has 5 heteroatoms. The zero-order valence-corrected chi connectivity index (χ0v) is 19.1. The summed E-state index contributed by atoms with van der Waals surface area (Å²) < 4.78 is 2.24. The van der Waals surface area contributed by atoms with Crippen LogP contribution in [0.5, 0.6) is 0 Å². The molecule has 0 aromatic heterocycles. The van der Waals surface area contributed by atoms with Crippen LogP contribution in [0.15, 0.2) is 0 Å². The van der Waals surface area contributed by atoms with Crippen LogP contribution in [0.1, 0.15) is 91.9 Å². The summed E-state index contributed by atoms with van der Waals surface area (Å²) >= 11 is 0. The maximum Gasteiger partial charge on any atom is 0.319 e. The van der Waals surface area contributed by atoms with Crippen molar-refractivity contribution in [2.24, 2.45) is 5.92 Å². The maximum atomic E-state index is 13.9. The van der Waals surface area contributed by atoms with Crippen LogP contribution in [0.2, 0.25) is 18.1 Å². The van der Waals surface area contributed by atoms with Gasteiger partial charge in [0.05, 0.1) is 0 Å². The molecule has 1 heterocycles. The van der Waals surface area contributed by atoms with Crippen LogP contribution in [-0.2, 0) is 4.79 Å². The highest BCUT2D eigenvalue weighted by molar-refractivity contribution is 6.79. The summed E-state index contributed by atoms with van der Waals surface area (Å²) in [5.41, 5.74) is -0.594. The van der Waals surface area contributed by atoms with Gasteiger partial charge >= 0.3 is 6.03 Å². The maximum absolute atomic E-state index is 13.9. The second-order valence-electron chi connectivity index (χ2n) is 9.35. The number of imide groups is 1. The summed E-state index contributed by atoms with van der Waals surface area (Å²) in [6.45, 7) is 8.90. The average molecular weight is 393 g/mol.